The third-order valence-electron chi connectivity index (χ3n) is 12.7. The van der Waals surface area contributed by atoms with Gasteiger partial charge in [-0.2, -0.15) is 0 Å². The summed E-state index contributed by atoms with van der Waals surface area (Å²) in [5.74, 6) is 1.70. The maximum atomic E-state index is 6.65. The normalized spacial score (nSPS) is 15.3. The molecule has 13 rings (SSSR count). The number of nitrogens with zero attached hydrogens (tertiary/aromatic N) is 4. The Bertz CT molecular complexity index is 3550. The molecule has 61 heavy (non-hydrogen) atoms. The molecular formula is C56H36N4O. The van der Waals surface area contributed by atoms with Crippen LogP contribution in [0.1, 0.15) is 22.7 Å². The summed E-state index contributed by atoms with van der Waals surface area (Å²) in [6.07, 6.45) is 4.49. The van der Waals surface area contributed by atoms with E-state index in [4.69, 9.17) is 14.7 Å². The maximum Gasteiger partial charge on any atom is 0.160 e. The number of fused-ring (bicyclic) bond motifs is 12. The van der Waals surface area contributed by atoms with Crippen LogP contribution in [0.25, 0.3) is 94.8 Å². The fraction of sp³-hybridized carbons (Fsp3) is 0.0357. The van der Waals surface area contributed by atoms with Crippen molar-refractivity contribution in [3.05, 3.63) is 217 Å². The lowest BCUT2D eigenvalue weighted by Gasteiger charge is -2.24. The molecule has 5 nitrogen and oxygen atoms in total. The van der Waals surface area contributed by atoms with Crippen LogP contribution in [0, 0.1) is 0 Å². The number of aromatic nitrogens is 4. The highest BCUT2D eigenvalue weighted by Crippen LogP contribution is 2.51. The molecule has 1 aliphatic carbocycles. The second kappa shape index (κ2) is 13.2. The van der Waals surface area contributed by atoms with Gasteiger partial charge >= 0.3 is 0 Å². The summed E-state index contributed by atoms with van der Waals surface area (Å²) in [7, 11) is 0. The van der Waals surface area contributed by atoms with Crippen molar-refractivity contribution in [2.45, 2.75) is 12.0 Å². The van der Waals surface area contributed by atoms with E-state index < -0.39 is 0 Å². The van der Waals surface area contributed by atoms with Gasteiger partial charge in [-0.15, -0.1) is 0 Å². The second-order valence-corrected chi connectivity index (χ2v) is 16.0. The lowest BCUT2D eigenvalue weighted by Crippen LogP contribution is -2.22. The van der Waals surface area contributed by atoms with Gasteiger partial charge in [0.05, 0.1) is 33.7 Å². The standard InChI is InChI=1S/C56H36N4O/c1-3-13-35(14-4-1)36-23-27-40(28-24-36)60-48-33-31-42-41-17-8-11-21-47(41)59(54(42)51(48)45-32-34-50-52(55(45)60)44-19-9-12-22-49(44)61-50)39-29-25-38(26-30-39)56-57-46-20-10-7-18-43(46)53(58-56)37-15-5-2-6-16-37/h1-34,50,52H. The van der Waals surface area contributed by atoms with Crippen LogP contribution in [0.3, 0.4) is 0 Å². The van der Waals surface area contributed by atoms with Crippen LogP contribution in [0.4, 0.5) is 0 Å². The van der Waals surface area contributed by atoms with Crippen molar-refractivity contribution in [2.75, 3.05) is 0 Å². The van der Waals surface area contributed by atoms with Gasteiger partial charge in [0.15, 0.2) is 5.82 Å². The van der Waals surface area contributed by atoms with Crippen LogP contribution in [0.5, 0.6) is 5.75 Å². The van der Waals surface area contributed by atoms with Crippen LogP contribution in [0.2, 0.25) is 0 Å². The van der Waals surface area contributed by atoms with Crippen molar-refractivity contribution < 1.29 is 4.74 Å². The van der Waals surface area contributed by atoms with Gasteiger partial charge in [0.1, 0.15) is 11.9 Å². The number of ether oxygens (including phenoxy) is 1. The minimum absolute atomic E-state index is 0.0345. The predicted molar refractivity (Wildman–Crippen MR) is 249 cm³/mol. The van der Waals surface area contributed by atoms with Crippen LogP contribution >= 0.6 is 0 Å². The monoisotopic (exact) mass is 780 g/mol. The van der Waals surface area contributed by atoms with Gasteiger partial charge in [0.2, 0.25) is 0 Å². The van der Waals surface area contributed by atoms with Crippen LogP contribution in [0.15, 0.2) is 200 Å². The zero-order valence-electron chi connectivity index (χ0n) is 33.0. The van der Waals surface area contributed by atoms with Gasteiger partial charge in [0, 0.05) is 60.9 Å². The number of rotatable bonds is 5. The van der Waals surface area contributed by atoms with E-state index >= 15 is 0 Å². The number of para-hydroxylation sites is 3. The van der Waals surface area contributed by atoms with E-state index in [1.807, 2.05) is 12.1 Å². The number of hydrogen-bond acceptors (Lipinski definition) is 3. The summed E-state index contributed by atoms with van der Waals surface area (Å²) in [6.45, 7) is 0. The van der Waals surface area contributed by atoms with Crippen molar-refractivity contribution in [1.29, 1.82) is 0 Å². The van der Waals surface area contributed by atoms with Gasteiger partial charge in [0.25, 0.3) is 0 Å². The average Bonchev–Trinajstić information content (AvgIpc) is 3.99. The van der Waals surface area contributed by atoms with Crippen molar-refractivity contribution in [3.8, 4) is 50.9 Å². The molecule has 4 heterocycles. The van der Waals surface area contributed by atoms with Crippen molar-refractivity contribution >= 4 is 49.7 Å². The van der Waals surface area contributed by atoms with E-state index in [0.717, 1.165) is 50.4 Å². The van der Waals surface area contributed by atoms with E-state index in [1.165, 1.54) is 55.1 Å². The fourth-order valence-corrected chi connectivity index (χ4v) is 9.99. The minimum Gasteiger partial charge on any atom is -0.485 e. The quantitative estimate of drug-likeness (QED) is 0.175. The fourth-order valence-electron chi connectivity index (χ4n) is 9.99. The van der Waals surface area contributed by atoms with Crippen LogP contribution < -0.4 is 4.74 Å². The Balaban J connectivity index is 1.04. The number of hydrogen-bond donors (Lipinski definition) is 0. The Labute approximate surface area is 352 Å². The lowest BCUT2D eigenvalue weighted by atomic mass is 9.85. The maximum absolute atomic E-state index is 6.65. The zero-order chi connectivity index (χ0) is 40.0. The molecule has 2 atom stereocenters. The third-order valence-corrected chi connectivity index (χ3v) is 12.7. The largest absolute Gasteiger partial charge is 0.485 e. The topological polar surface area (TPSA) is 44.9 Å². The summed E-state index contributed by atoms with van der Waals surface area (Å²) >= 11 is 0. The first-order chi connectivity index (χ1) is 30.3. The first-order valence-electron chi connectivity index (χ1n) is 20.9. The first-order valence-corrected chi connectivity index (χ1v) is 20.9. The molecule has 0 fully saturated rings. The van der Waals surface area contributed by atoms with E-state index in [2.05, 4.69) is 203 Å². The van der Waals surface area contributed by atoms with Crippen LogP contribution in [-0.4, -0.2) is 25.2 Å². The predicted octanol–water partition coefficient (Wildman–Crippen LogP) is 13.6. The first kappa shape index (κ1) is 33.9. The Morgan fingerprint density at radius 1 is 0.459 bits per heavy atom. The van der Waals surface area contributed by atoms with Crippen molar-refractivity contribution in [3.63, 3.8) is 0 Å². The lowest BCUT2D eigenvalue weighted by molar-refractivity contribution is 0.265. The van der Waals surface area contributed by atoms with Gasteiger partial charge in [-0.3, -0.25) is 0 Å². The van der Waals surface area contributed by atoms with Gasteiger partial charge in [-0.1, -0.05) is 140 Å². The molecule has 0 radical (unpaired) electrons. The van der Waals surface area contributed by atoms with Gasteiger partial charge in [-0.05, 0) is 77.9 Å². The SMILES string of the molecule is C1=CC2Oc3ccccc3C2c2c1c1c(ccc3c4ccccc4n(-c4ccc(-c5nc(-c6ccccc6)c6ccccc6n5)cc4)c31)n2-c1ccc(-c2ccccc2)cc1. The Morgan fingerprint density at radius 2 is 1.10 bits per heavy atom. The summed E-state index contributed by atoms with van der Waals surface area (Å²) in [5.41, 5.74) is 15.7. The molecule has 2 aliphatic rings. The van der Waals surface area contributed by atoms with E-state index in [-0.39, 0.29) is 12.0 Å². The second-order valence-electron chi connectivity index (χ2n) is 16.0. The molecule has 0 N–H and O–H groups in total. The average molecular weight is 781 g/mol. The molecular weight excluding hydrogens is 745 g/mol. The molecule has 0 spiro atoms. The summed E-state index contributed by atoms with van der Waals surface area (Å²) < 4.78 is 11.6. The number of benzene rings is 8. The molecule has 286 valence electrons. The van der Waals surface area contributed by atoms with Crippen molar-refractivity contribution in [1.82, 2.24) is 19.1 Å². The zero-order valence-corrected chi connectivity index (χ0v) is 33.0. The molecule has 3 aromatic heterocycles. The van der Waals surface area contributed by atoms with E-state index in [1.54, 1.807) is 0 Å². The van der Waals surface area contributed by atoms with Crippen LogP contribution in [-0.2, 0) is 0 Å². The highest BCUT2D eigenvalue weighted by molar-refractivity contribution is 6.21. The molecule has 5 heteroatoms. The summed E-state index contributed by atoms with van der Waals surface area (Å²) in [6, 6.07) is 69.0. The Morgan fingerprint density at radius 3 is 1.90 bits per heavy atom. The Kier molecular flexibility index (Phi) is 7.36. The van der Waals surface area contributed by atoms with E-state index in [0.29, 0.717) is 5.82 Å². The molecule has 2 unspecified atom stereocenters. The third kappa shape index (κ3) is 5.14. The van der Waals surface area contributed by atoms with Gasteiger partial charge in [-0.25, -0.2) is 9.97 Å². The highest BCUT2D eigenvalue weighted by atomic mass is 16.5. The molecule has 0 saturated carbocycles. The minimum atomic E-state index is -0.0924. The Hall–Kier alpha value is -8.02. The molecule has 0 saturated heterocycles. The molecule has 8 aromatic carbocycles. The van der Waals surface area contributed by atoms with Gasteiger partial charge < -0.3 is 13.9 Å². The smallest absolute Gasteiger partial charge is 0.160 e. The molecule has 0 amide bonds. The summed E-state index contributed by atoms with van der Waals surface area (Å²) in [5, 5.41) is 4.70. The molecule has 11 aromatic rings. The molecule has 1 aliphatic heterocycles. The molecule has 0 bridgehead atoms. The summed E-state index contributed by atoms with van der Waals surface area (Å²) in [4.78, 5) is 10.3. The van der Waals surface area contributed by atoms with E-state index in [9.17, 15) is 0 Å². The highest BCUT2D eigenvalue weighted by Gasteiger charge is 2.41. The van der Waals surface area contributed by atoms with Crippen molar-refractivity contribution in [2.24, 2.45) is 0 Å².